The lowest BCUT2D eigenvalue weighted by Crippen LogP contribution is -2.51. The average molecular weight is 537 g/mol. The van der Waals surface area contributed by atoms with Gasteiger partial charge < -0.3 is 28.8 Å². The van der Waals surface area contributed by atoms with E-state index in [2.05, 4.69) is 16.8 Å². The number of aliphatic hydroxyl groups is 1. The number of benzene rings is 2. The smallest absolute Gasteiger partial charge is 0.219 e. The SMILES string of the molecule is COc1cc(CN2CCN(C(C)=O)C[C@@](O)(COc3ccc(C)c(C)c3)C2)ccc1OCCn1ccnc1C. The van der Waals surface area contributed by atoms with Gasteiger partial charge in [0.25, 0.3) is 0 Å². The first-order valence-corrected chi connectivity index (χ1v) is 13.3. The Kier molecular flexibility index (Phi) is 9.14. The molecule has 0 radical (unpaired) electrons. The zero-order valence-corrected chi connectivity index (χ0v) is 23.6. The van der Waals surface area contributed by atoms with Crippen LogP contribution in [0, 0.1) is 20.8 Å². The van der Waals surface area contributed by atoms with E-state index < -0.39 is 5.60 Å². The second-order valence-corrected chi connectivity index (χ2v) is 10.4. The summed E-state index contributed by atoms with van der Waals surface area (Å²) in [5.74, 6) is 2.93. The topological polar surface area (TPSA) is 89.3 Å². The number of aryl methyl sites for hydroxylation is 3. The largest absolute Gasteiger partial charge is 0.493 e. The highest BCUT2D eigenvalue weighted by Crippen LogP contribution is 2.29. The summed E-state index contributed by atoms with van der Waals surface area (Å²) in [5.41, 5.74) is 2.12. The van der Waals surface area contributed by atoms with Crippen LogP contribution in [0.25, 0.3) is 0 Å². The molecule has 1 aromatic heterocycles. The Morgan fingerprint density at radius 1 is 1.03 bits per heavy atom. The molecule has 0 bridgehead atoms. The Balaban J connectivity index is 1.42. The summed E-state index contributed by atoms with van der Waals surface area (Å²) in [6.07, 6.45) is 3.71. The van der Waals surface area contributed by atoms with Gasteiger partial charge in [0, 0.05) is 45.5 Å². The molecular formula is C30H40N4O5. The molecule has 0 saturated carbocycles. The third kappa shape index (κ3) is 7.52. The number of hydrogen-bond acceptors (Lipinski definition) is 7. The average Bonchev–Trinajstić information content (AvgIpc) is 3.23. The quantitative estimate of drug-likeness (QED) is 0.425. The summed E-state index contributed by atoms with van der Waals surface area (Å²) in [7, 11) is 1.63. The number of rotatable bonds is 10. The Bertz CT molecular complexity index is 1280. The number of nitrogens with zero attached hydrogens (tertiary/aromatic N) is 4. The number of hydrogen-bond donors (Lipinski definition) is 1. The van der Waals surface area contributed by atoms with E-state index in [-0.39, 0.29) is 19.1 Å². The van der Waals surface area contributed by atoms with E-state index in [1.165, 1.54) is 12.5 Å². The number of aromatic nitrogens is 2. The first-order chi connectivity index (χ1) is 18.7. The highest BCUT2D eigenvalue weighted by molar-refractivity contribution is 5.73. The minimum atomic E-state index is -1.22. The Hall–Kier alpha value is -3.56. The zero-order valence-electron chi connectivity index (χ0n) is 23.6. The summed E-state index contributed by atoms with van der Waals surface area (Å²) >= 11 is 0. The molecule has 1 aliphatic rings. The van der Waals surface area contributed by atoms with E-state index >= 15 is 0 Å². The fourth-order valence-electron chi connectivity index (χ4n) is 4.84. The summed E-state index contributed by atoms with van der Waals surface area (Å²) in [6.45, 7) is 11.2. The van der Waals surface area contributed by atoms with Crippen molar-refractivity contribution in [3.05, 3.63) is 71.3 Å². The maximum Gasteiger partial charge on any atom is 0.219 e. The number of carbonyl (C=O) groups excluding carboxylic acids is 1. The van der Waals surface area contributed by atoms with Gasteiger partial charge in [-0.1, -0.05) is 12.1 Å². The number of amides is 1. The third-order valence-electron chi connectivity index (χ3n) is 7.27. The van der Waals surface area contributed by atoms with Gasteiger partial charge in [-0.2, -0.15) is 0 Å². The number of imidazole rings is 1. The minimum Gasteiger partial charge on any atom is -0.493 e. The van der Waals surface area contributed by atoms with Gasteiger partial charge in [0.05, 0.1) is 20.2 Å². The predicted molar refractivity (Wildman–Crippen MR) is 149 cm³/mol. The molecule has 210 valence electrons. The van der Waals surface area contributed by atoms with Gasteiger partial charge in [-0.15, -0.1) is 0 Å². The van der Waals surface area contributed by atoms with Crippen molar-refractivity contribution < 1.29 is 24.1 Å². The second-order valence-electron chi connectivity index (χ2n) is 10.4. The molecular weight excluding hydrogens is 496 g/mol. The number of carbonyl (C=O) groups is 1. The Labute approximate surface area is 230 Å². The van der Waals surface area contributed by atoms with Crippen LogP contribution in [0.5, 0.6) is 17.2 Å². The normalized spacial score (nSPS) is 18.1. The van der Waals surface area contributed by atoms with Gasteiger partial charge in [-0.3, -0.25) is 9.69 Å². The molecule has 4 rings (SSSR count). The van der Waals surface area contributed by atoms with E-state index in [0.717, 1.165) is 17.0 Å². The fraction of sp³-hybridized carbons (Fsp3) is 0.467. The molecule has 39 heavy (non-hydrogen) atoms. The summed E-state index contributed by atoms with van der Waals surface area (Å²) in [5, 5.41) is 11.6. The van der Waals surface area contributed by atoms with Crippen molar-refractivity contribution in [1.82, 2.24) is 19.4 Å². The van der Waals surface area contributed by atoms with Gasteiger partial charge in [0.15, 0.2) is 11.5 Å². The molecule has 0 unspecified atom stereocenters. The number of ether oxygens (including phenoxy) is 3. The van der Waals surface area contributed by atoms with E-state index in [1.807, 2.05) is 61.0 Å². The second kappa shape index (κ2) is 12.5. The first kappa shape index (κ1) is 28.4. The van der Waals surface area contributed by atoms with Gasteiger partial charge in [-0.25, -0.2) is 4.98 Å². The molecule has 0 aliphatic carbocycles. The van der Waals surface area contributed by atoms with Crippen molar-refractivity contribution in [3.63, 3.8) is 0 Å². The molecule has 2 heterocycles. The monoisotopic (exact) mass is 536 g/mol. The van der Waals surface area contributed by atoms with Crippen LogP contribution in [0.15, 0.2) is 48.8 Å². The number of methoxy groups -OCH3 is 1. The van der Waals surface area contributed by atoms with Crippen molar-refractivity contribution in [1.29, 1.82) is 0 Å². The summed E-state index contributed by atoms with van der Waals surface area (Å²) in [6, 6.07) is 11.8. The van der Waals surface area contributed by atoms with Gasteiger partial charge in [-0.05, 0) is 61.7 Å². The van der Waals surface area contributed by atoms with Gasteiger partial charge in [0.1, 0.15) is 30.4 Å². The Morgan fingerprint density at radius 2 is 1.85 bits per heavy atom. The minimum absolute atomic E-state index is 0.0597. The maximum absolute atomic E-state index is 12.3. The molecule has 9 heteroatoms. The van der Waals surface area contributed by atoms with Crippen LogP contribution in [0.4, 0.5) is 0 Å². The molecule has 1 fully saturated rings. The van der Waals surface area contributed by atoms with Crippen LogP contribution >= 0.6 is 0 Å². The molecule has 1 N–H and O–H groups in total. The van der Waals surface area contributed by atoms with E-state index in [4.69, 9.17) is 14.2 Å². The van der Waals surface area contributed by atoms with Crippen molar-refractivity contribution in [2.24, 2.45) is 0 Å². The van der Waals surface area contributed by atoms with Crippen molar-refractivity contribution in [2.75, 3.05) is 46.5 Å². The molecule has 3 aromatic rings. The highest BCUT2D eigenvalue weighted by Gasteiger charge is 2.37. The molecule has 1 saturated heterocycles. The van der Waals surface area contributed by atoms with Crippen LogP contribution in [0.1, 0.15) is 29.4 Å². The lowest BCUT2D eigenvalue weighted by molar-refractivity contribution is -0.132. The van der Waals surface area contributed by atoms with Crippen LogP contribution in [0.3, 0.4) is 0 Å². The first-order valence-electron chi connectivity index (χ1n) is 13.3. The van der Waals surface area contributed by atoms with E-state index in [9.17, 15) is 9.90 Å². The predicted octanol–water partition coefficient (Wildman–Crippen LogP) is 3.37. The van der Waals surface area contributed by atoms with Crippen LogP contribution < -0.4 is 14.2 Å². The van der Waals surface area contributed by atoms with Crippen LogP contribution in [-0.2, 0) is 17.9 Å². The lowest BCUT2D eigenvalue weighted by atomic mass is 10.0. The summed E-state index contributed by atoms with van der Waals surface area (Å²) in [4.78, 5) is 20.4. The highest BCUT2D eigenvalue weighted by atomic mass is 16.5. The lowest BCUT2D eigenvalue weighted by Gasteiger charge is -2.33. The molecule has 1 amide bonds. The molecule has 2 aromatic carbocycles. The zero-order chi connectivity index (χ0) is 28.0. The van der Waals surface area contributed by atoms with Gasteiger partial charge in [0.2, 0.25) is 5.91 Å². The summed E-state index contributed by atoms with van der Waals surface area (Å²) < 4.78 is 19.7. The molecule has 0 spiro atoms. The van der Waals surface area contributed by atoms with Crippen LogP contribution in [0.2, 0.25) is 0 Å². The fourth-order valence-corrected chi connectivity index (χ4v) is 4.84. The van der Waals surface area contributed by atoms with Gasteiger partial charge >= 0.3 is 0 Å². The van der Waals surface area contributed by atoms with Crippen molar-refractivity contribution >= 4 is 5.91 Å². The molecule has 9 nitrogen and oxygen atoms in total. The maximum atomic E-state index is 12.3. The molecule has 1 aliphatic heterocycles. The van der Waals surface area contributed by atoms with Crippen molar-refractivity contribution in [3.8, 4) is 17.2 Å². The Morgan fingerprint density at radius 3 is 2.54 bits per heavy atom. The standard InChI is InChI=1S/C30H40N4O5/c1-22-6-8-27(16-23(22)2)39-21-30(36)19-32(12-13-34(20-30)25(4)35)18-26-7-9-28(29(17-26)37-5)38-15-14-33-11-10-31-24(33)3/h6-11,16-17,36H,12-15,18-21H2,1-5H3/t30-/m1/s1. The van der Waals surface area contributed by atoms with E-state index in [0.29, 0.717) is 56.6 Å². The van der Waals surface area contributed by atoms with E-state index in [1.54, 1.807) is 18.2 Å². The third-order valence-corrected chi connectivity index (χ3v) is 7.27. The van der Waals surface area contributed by atoms with Crippen molar-refractivity contribution in [2.45, 2.75) is 46.4 Å². The van der Waals surface area contributed by atoms with Crippen LogP contribution in [-0.4, -0.2) is 82.5 Å². The number of β-amino-alcohol motifs (C(OH)–C–C–N with tert-alkyl or cyclic N) is 1. The molecule has 1 atom stereocenters.